The zero-order valence-corrected chi connectivity index (χ0v) is 26.8. The predicted octanol–water partition coefficient (Wildman–Crippen LogP) is 9.94. The number of hydrogen-bond acceptors (Lipinski definition) is 5. The molecule has 0 N–H and O–H groups in total. The van der Waals surface area contributed by atoms with Crippen molar-refractivity contribution in [3.8, 4) is 62.6 Å². The first-order valence-electron chi connectivity index (χ1n) is 17.1. The number of pyridine rings is 1. The molecule has 4 saturated carbocycles. The smallest absolute Gasteiger partial charge is 0.182 e. The van der Waals surface area contributed by atoms with Crippen LogP contribution in [-0.4, -0.2) is 19.9 Å². The molecule has 0 atom stereocenters. The molecule has 4 fully saturated rings. The van der Waals surface area contributed by atoms with E-state index in [1.54, 1.807) is 6.20 Å². The molecule has 10 rings (SSSR count). The predicted molar refractivity (Wildman–Crippen MR) is 189 cm³/mol. The van der Waals surface area contributed by atoms with Crippen molar-refractivity contribution in [3.63, 3.8) is 0 Å². The topological polar surface area (TPSA) is 75.3 Å². The van der Waals surface area contributed by atoms with E-state index in [0.717, 1.165) is 51.1 Å². The van der Waals surface area contributed by atoms with Crippen molar-refractivity contribution >= 4 is 0 Å². The van der Waals surface area contributed by atoms with Gasteiger partial charge in [0.1, 0.15) is 5.69 Å². The Labute approximate surface area is 281 Å². The average Bonchev–Trinajstić information content (AvgIpc) is 3.15. The Balaban J connectivity index is 1.14. The standard InChI is InChI=1S/C43H35N5/c44-27-28-9-11-33(12-10-28)37-18-15-35(23-38(37)32-6-2-1-3-7-32)41-46-40(47-42(48-41)39-8-4-5-19-45-39)34-13-16-36(17-14-34)43-24-29-20-30(25-43)22-31(21-29)26-43/h1-19,23,29-31H,20-22,24-26H2. The molecule has 0 saturated heterocycles. The Bertz CT molecular complexity index is 2110. The third kappa shape index (κ3) is 5.18. The maximum Gasteiger partial charge on any atom is 0.182 e. The fourth-order valence-corrected chi connectivity index (χ4v) is 9.20. The summed E-state index contributed by atoms with van der Waals surface area (Å²) in [7, 11) is 0. The minimum atomic E-state index is 0.348. The third-order valence-corrected chi connectivity index (χ3v) is 11.0. The number of nitriles is 1. The van der Waals surface area contributed by atoms with Crippen molar-refractivity contribution in [1.82, 2.24) is 19.9 Å². The van der Waals surface area contributed by atoms with Gasteiger partial charge in [0.25, 0.3) is 0 Å². The number of nitrogens with zero attached hydrogens (tertiary/aromatic N) is 5. The van der Waals surface area contributed by atoms with E-state index < -0.39 is 0 Å². The van der Waals surface area contributed by atoms with Crippen LogP contribution in [0.15, 0.2) is 121 Å². The van der Waals surface area contributed by atoms with Crippen molar-refractivity contribution in [2.24, 2.45) is 17.8 Å². The summed E-state index contributed by atoms with van der Waals surface area (Å²) >= 11 is 0. The molecule has 4 aliphatic carbocycles. The van der Waals surface area contributed by atoms with Crippen LogP contribution in [0.25, 0.3) is 56.5 Å². The summed E-state index contributed by atoms with van der Waals surface area (Å²) in [5.41, 5.74) is 9.37. The second-order valence-corrected chi connectivity index (χ2v) is 14.1. The zero-order chi connectivity index (χ0) is 32.1. The normalized spacial score (nSPS) is 22.4. The Morgan fingerprint density at radius 3 is 1.77 bits per heavy atom. The molecular formula is C43H35N5. The molecule has 4 bridgehead atoms. The first-order valence-corrected chi connectivity index (χ1v) is 17.1. The van der Waals surface area contributed by atoms with Gasteiger partial charge in [0, 0.05) is 17.3 Å². The number of hydrogen-bond donors (Lipinski definition) is 0. The number of rotatable bonds is 6. The van der Waals surface area contributed by atoms with Gasteiger partial charge in [-0.05, 0) is 120 Å². The van der Waals surface area contributed by atoms with Gasteiger partial charge in [0.2, 0.25) is 0 Å². The SMILES string of the molecule is N#Cc1ccc(-c2ccc(-c3nc(-c4ccc(C56CC7CC(CC(C7)C5)C6)cc4)nc(-c4ccccn4)n3)cc2-c2ccccc2)cc1. The van der Waals surface area contributed by atoms with Gasteiger partial charge in [0.15, 0.2) is 17.5 Å². The van der Waals surface area contributed by atoms with Gasteiger partial charge in [-0.25, -0.2) is 15.0 Å². The van der Waals surface area contributed by atoms with E-state index in [-0.39, 0.29) is 0 Å². The summed E-state index contributed by atoms with van der Waals surface area (Å²) in [4.78, 5) is 19.6. The quantitative estimate of drug-likeness (QED) is 0.185. The lowest BCUT2D eigenvalue weighted by Gasteiger charge is -2.57. The Kier molecular flexibility index (Phi) is 6.97. The molecule has 0 radical (unpaired) electrons. The van der Waals surface area contributed by atoms with E-state index in [4.69, 9.17) is 15.0 Å². The van der Waals surface area contributed by atoms with Gasteiger partial charge < -0.3 is 0 Å². The van der Waals surface area contributed by atoms with Crippen LogP contribution >= 0.6 is 0 Å². The average molecular weight is 622 g/mol. The molecule has 0 aliphatic heterocycles. The summed E-state index contributed by atoms with van der Waals surface area (Å²) in [6.45, 7) is 0. The van der Waals surface area contributed by atoms with Crippen molar-refractivity contribution in [3.05, 3.63) is 133 Å². The lowest BCUT2D eigenvalue weighted by Crippen LogP contribution is -2.48. The molecule has 0 amide bonds. The Morgan fingerprint density at radius 1 is 0.542 bits per heavy atom. The van der Waals surface area contributed by atoms with Gasteiger partial charge in [-0.15, -0.1) is 0 Å². The Hall–Kier alpha value is -5.47. The maximum atomic E-state index is 9.35. The minimum absolute atomic E-state index is 0.348. The minimum Gasteiger partial charge on any atom is -0.253 e. The first-order chi connectivity index (χ1) is 23.6. The number of benzene rings is 4. The molecule has 2 aromatic heterocycles. The van der Waals surface area contributed by atoms with E-state index in [1.165, 1.54) is 44.1 Å². The van der Waals surface area contributed by atoms with Crippen molar-refractivity contribution in [1.29, 1.82) is 5.26 Å². The molecular weight excluding hydrogens is 587 g/mol. The van der Waals surface area contributed by atoms with E-state index in [2.05, 4.69) is 77.8 Å². The fraction of sp³-hybridized carbons (Fsp3) is 0.233. The van der Waals surface area contributed by atoms with Gasteiger partial charge in [-0.1, -0.05) is 84.9 Å². The molecule has 232 valence electrons. The summed E-state index contributed by atoms with van der Waals surface area (Å²) in [6.07, 6.45) is 10.2. The molecule has 4 aliphatic rings. The summed E-state index contributed by atoms with van der Waals surface area (Å²) in [6, 6.07) is 41.7. The van der Waals surface area contributed by atoms with Gasteiger partial charge >= 0.3 is 0 Å². The molecule has 0 unspecified atom stereocenters. The zero-order valence-electron chi connectivity index (χ0n) is 26.8. The highest BCUT2D eigenvalue weighted by Gasteiger charge is 2.51. The summed E-state index contributed by atoms with van der Waals surface area (Å²) in [5, 5.41) is 9.35. The molecule has 0 spiro atoms. The molecule has 2 heterocycles. The molecule has 5 nitrogen and oxygen atoms in total. The highest BCUT2D eigenvalue weighted by molar-refractivity contribution is 5.86. The maximum absolute atomic E-state index is 9.35. The van der Waals surface area contributed by atoms with Crippen LogP contribution in [0.2, 0.25) is 0 Å². The summed E-state index contributed by atoms with van der Waals surface area (Å²) in [5.74, 6) is 4.54. The highest BCUT2D eigenvalue weighted by Crippen LogP contribution is 2.60. The monoisotopic (exact) mass is 621 g/mol. The van der Waals surface area contributed by atoms with Crippen LogP contribution in [0, 0.1) is 29.1 Å². The van der Waals surface area contributed by atoms with Crippen LogP contribution in [-0.2, 0) is 5.41 Å². The van der Waals surface area contributed by atoms with E-state index in [1.807, 2.05) is 48.5 Å². The van der Waals surface area contributed by atoms with Crippen molar-refractivity contribution in [2.75, 3.05) is 0 Å². The highest BCUT2D eigenvalue weighted by atomic mass is 15.0. The second-order valence-electron chi connectivity index (χ2n) is 14.1. The molecule has 48 heavy (non-hydrogen) atoms. The Morgan fingerprint density at radius 2 is 1.12 bits per heavy atom. The second kappa shape index (κ2) is 11.6. The van der Waals surface area contributed by atoms with E-state index in [9.17, 15) is 5.26 Å². The molecule has 6 aromatic rings. The van der Waals surface area contributed by atoms with Crippen molar-refractivity contribution < 1.29 is 0 Å². The lowest BCUT2D eigenvalue weighted by molar-refractivity contribution is -0.00518. The first kappa shape index (κ1) is 28.7. The third-order valence-electron chi connectivity index (χ3n) is 11.0. The van der Waals surface area contributed by atoms with Crippen molar-refractivity contribution in [2.45, 2.75) is 43.9 Å². The van der Waals surface area contributed by atoms with E-state index >= 15 is 0 Å². The lowest BCUT2D eigenvalue weighted by atomic mass is 9.48. The number of aromatic nitrogens is 4. The van der Waals surface area contributed by atoms with Gasteiger partial charge in [-0.2, -0.15) is 5.26 Å². The molecule has 4 aromatic carbocycles. The van der Waals surface area contributed by atoms with E-state index in [0.29, 0.717) is 34.1 Å². The largest absolute Gasteiger partial charge is 0.253 e. The van der Waals surface area contributed by atoms with Crippen LogP contribution < -0.4 is 0 Å². The summed E-state index contributed by atoms with van der Waals surface area (Å²) < 4.78 is 0. The fourth-order valence-electron chi connectivity index (χ4n) is 9.20. The van der Waals surface area contributed by atoms with Crippen LogP contribution in [0.3, 0.4) is 0 Å². The molecule has 5 heteroatoms. The van der Waals surface area contributed by atoms with Crippen LogP contribution in [0.5, 0.6) is 0 Å². The van der Waals surface area contributed by atoms with Crippen LogP contribution in [0.1, 0.15) is 49.7 Å². The van der Waals surface area contributed by atoms with Gasteiger partial charge in [-0.3, -0.25) is 4.98 Å². The van der Waals surface area contributed by atoms with Crippen LogP contribution in [0.4, 0.5) is 0 Å². The van der Waals surface area contributed by atoms with Gasteiger partial charge in [0.05, 0.1) is 11.6 Å².